The van der Waals surface area contributed by atoms with Crippen LogP contribution < -0.4 is 11.3 Å². The number of ether oxygens (including phenoxy) is 1. The Balaban J connectivity index is 1.88. The highest BCUT2D eigenvalue weighted by atomic mass is 32.1. The molecule has 0 aliphatic carbocycles. The van der Waals surface area contributed by atoms with Gasteiger partial charge in [-0.05, 0) is 23.8 Å². The zero-order valence-corrected chi connectivity index (χ0v) is 15.9. The lowest BCUT2D eigenvalue weighted by Crippen LogP contribution is -2.29. The predicted octanol–water partition coefficient (Wildman–Crippen LogP) is 2.16. The van der Waals surface area contributed by atoms with E-state index in [2.05, 4.69) is 9.97 Å². The summed E-state index contributed by atoms with van der Waals surface area (Å²) in [7, 11) is 3.31. The van der Waals surface area contributed by atoms with Crippen LogP contribution in [0, 0.1) is 0 Å². The SMILES string of the molecule is COCCN(C)C(=O)c1cccc(/C=C(\N)c2nc3cscc3[nH]c2=O)c1. The molecule has 0 aliphatic rings. The minimum atomic E-state index is -0.346. The molecule has 8 heteroatoms. The van der Waals surface area contributed by atoms with Crippen molar-refractivity contribution in [3.05, 3.63) is 62.2 Å². The Hall–Kier alpha value is -2.97. The van der Waals surface area contributed by atoms with Crippen LogP contribution in [0.25, 0.3) is 22.8 Å². The Morgan fingerprint density at radius 3 is 3.00 bits per heavy atom. The van der Waals surface area contributed by atoms with Crippen molar-refractivity contribution in [1.29, 1.82) is 0 Å². The number of aromatic nitrogens is 2. The van der Waals surface area contributed by atoms with Gasteiger partial charge in [0, 0.05) is 37.0 Å². The summed E-state index contributed by atoms with van der Waals surface area (Å²) < 4.78 is 5.00. The zero-order chi connectivity index (χ0) is 19.4. The Morgan fingerprint density at radius 1 is 1.41 bits per heavy atom. The minimum absolute atomic E-state index is 0.114. The summed E-state index contributed by atoms with van der Waals surface area (Å²) in [5.41, 5.74) is 8.79. The molecule has 7 nitrogen and oxygen atoms in total. The number of nitrogens with two attached hydrogens (primary N) is 1. The molecule has 2 heterocycles. The molecule has 3 N–H and O–H groups in total. The molecule has 1 aromatic carbocycles. The molecule has 2 aromatic heterocycles. The first-order chi connectivity index (χ1) is 13.0. The summed E-state index contributed by atoms with van der Waals surface area (Å²) in [6.45, 7) is 0.964. The van der Waals surface area contributed by atoms with Crippen molar-refractivity contribution in [2.45, 2.75) is 0 Å². The first-order valence-electron chi connectivity index (χ1n) is 8.28. The van der Waals surface area contributed by atoms with Gasteiger partial charge in [0.1, 0.15) is 0 Å². The van der Waals surface area contributed by atoms with Gasteiger partial charge in [0.2, 0.25) is 0 Å². The molecule has 0 saturated carbocycles. The predicted molar refractivity (Wildman–Crippen MR) is 108 cm³/mol. The Labute approximate surface area is 160 Å². The van der Waals surface area contributed by atoms with E-state index in [1.807, 2.05) is 16.8 Å². The lowest BCUT2D eigenvalue weighted by molar-refractivity contribution is 0.0744. The van der Waals surface area contributed by atoms with Gasteiger partial charge in [-0.25, -0.2) is 4.98 Å². The lowest BCUT2D eigenvalue weighted by atomic mass is 10.1. The summed E-state index contributed by atoms with van der Waals surface area (Å²) >= 11 is 1.46. The van der Waals surface area contributed by atoms with Crippen LogP contribution in [0.3, 0.4) is 0 Å². The van der Waals surface area contributed by atoms with Crippen LogP contribution in [0.5, 0.6) is 0 Å². The average Bonchev–Trinajstić information content (AvgIpc) is 3.12. The van der Waals surface area contributed by atoms with Crippen LogP contribution >= 0.6 is 11.3 Å². The maximum atomic E-state index is 12.5. The third kappa shape index (κ3) is 4.24. The molecule has 3 aromatic rings. The quantitative estimate of drug-likeness (QED) is 0.678. The van der Waals surface area contributed by atoms with E-state index in [4.69, 9.17) is 10.5 Å². The van der Waals surface area contributed by atoms with Gasteiger partial charge in [-0.2, -0.15) is 0 Å². The molecule has 27 heavy (non-hydrogen) atoms. The van der Waals surface area contributed by atoms with Crippen molar-refractivity contribution in [3.63, 3.8) is 0 Å². The van der Waals surface area contributed by atoms with E-state index in [1.54, 1.807) is 43.3 Å². The van der Waals surface area contributed by atoms with Crippen LogP contribution in [0.4, 0.5) is 0 Å². The number of methoxy groups -OCH3 is 1. The van der Waals surface area contributed by atoms with E-state index in [1.165, 1.54) is 11.3 Å². The van der Waals surface area contributed by atoms with Gasteiger partial charge >= 0.3 is 0 Å². The van der Waals surface area contributed by atoms with Crippen LogP contribution in [-0.4, -0.2) is 48.1 Å². The standard InChI is InChI=1S/C19H20N4O3S/c1-23(6-7-26-2)19(25)13-5-3-4-12(8-13)9-14(20)17-18(24)22-16-11-27-10-15(16)21-17/h3-5,8-11H,6-7,20H2,1-2H3,(H,22,24)/b14-9-. The smallest absolute Gasteiger partial charge is 0.276 e. The Bertz CT molecular complexity index is 1050. The highest BCUT2D eigenvalue weighted by Gasteiger charge is 2.12. The monoisotopic (exact) mass is 384 g/mol. The maximum Gasteiger partial charge on any atom is 0.276 e. The van der Waals surface area contributed by atoms with Crippen LogP contribution in [-0.2, 0) is 4.74 Å². The maximum absolute atomic E-state index is 12.5. The fourth-order valence-electron chi connectivity index (χ4n) is 2.58. The Morgan fingerprint density at radius 2 is 2.22 bits per heavy atom. The number of fused-ring (bicyclic) bond motifs is 1. The van der Waals surface area contributed by atoms with Gasteiger partial charge in [-0.1, -0.05) is 12.1 Å². The second-order valence-electron chi connectivity index (χ2n) is 6.03. The number of H-pyrrole nitrogens is 1. The molecule has 0 bridgehead atoms. The van der Waals surface area contributed by atoms with E-state index >= 15 is 0 Å². The van der Waals surface area contributed by atoms with Crippen molar-refractivity contribution < 1.29 is 9.53 Å². The molecule has 0 saturated heterocycles. The highest BCUT2D eigenvalue weighted by Crippen LogP contribution is 2.16. The van der Waals surface area contributed by atoms with Gasteiger partial charge in [0.25, 0.3) is 11.5 Å². The van der Waals surface area contributed by atoms with Gasteiger partial charge < -0.3 is 20.4 Å². The Kier molecular flexibility index (Phi) is 5.68. The third-order valence-electron chi connectivity index (χ3n) is 4.04. The van der Waals surface area contributed by atoms with E-state index in [0.29, 0.717) is 35.3 Å². The first kappa shape index (κ1) is 18.8. The number of likely N-dealkylation sites (N-methyl/N-ethyl adjacent to an activating group) is 1. The fraction of sp³-hybridized carbons (Fsp3) is 0.211. The normalized spacial score (nSPS) is 11.7. The number of hydrogen-bond acceptors (Lipinski definition) is 6. The summed E-state index contributed by atoms with van der Waals surface area (Å²) in [6.07, 6.45) is 1.64. The average molecular weight is 384 g/mol. The molecule has 3 rings (SSSR count). The number of aromatic amines is 1. The molecular weight excluding hydrogens is 364 g/mol. The number of carbonyl (C=O) groups excluding carboxylic acids is 1. The topological polar surface area (TPSA) is 101 Å². The molecule has 0 atom stereocenters. The minimum Gasteiger partial charge on any atom is -0.397 e. The van der Waals surface area contributed by atoms with Gasteiger partial charge in [-0.15, -0.1) is 11.3 Å². The van der Waals surface area contributed by atoms with Crippen molar-refractivity contribution in [2.24, 2.45) is 5.73 Å². The molecule has 0 radical (unpaired) electrons. The molecule has 1 amide bonds. The lowest BCUT2D eigenvalue weighted by Gasteiger charge is -2.16. The number of thiophene rings is 1. The van der Waals surface area contributed by atoms with Crippen LogP contribution in [0.2, 0.25) is 0 Å². The number of carbonyl (C=O) groups is 1. The molecule has 0 fully saturated rings. The molecule has 0 spiro atoms. The van der Waals surface area contributed by atoms with E-state index in [-0.39, 0.29) is 22.9 Å². The summed E-state index contributed by atoms with van der Waals surface area (Å²) in [5, 5.41) is 3.67. The second-order valence-corrected chi connectivity index (χ2v) is 6.77. The van der Waals surface area contributed by atoms with Crippen molar-refractivity contribution >= 4 is 40.1 Å². The van der Waals surface area contributed by atoms with E-state index in [0.717, 1.165) is 0 Å². The van der Waals surface area contributed by atoms with Gasteiger partial charge in [-0.3, -0.25) is 9.59 Å². The number of nitrogens with one attached hydrogen (secondary N) is 1. The summed E-state index contributed by atoms with van der Waals surface area (Å²) in [4.78, 5) is 33.4. The molecule has 140 valence electrons. The van der Waals surface area contributed by atoms with Crippen LogP contribution in [0.15, 0.2) is 39.8 Å². The fourth-order valence-corrected chi connectivity index (χ4v) is 3.27. The van der Waals surface area contributed by atoms with Crippen molar-refractivity contribution in [1.82, 2.24) is 14.9 Å². The second kappa shape index (κ2) is 8.15. The van der Waals surface area contributed by atoms with Gasteiger partial charge in [0.05, 0.1) is 23.3 Å². The number of benzene rings is 1. The van der Waals surface area contributed by atoms with Crippen LogP contribution in [0.1, 0.15) is 21.6 Å². The summed E-state index contributed by atoms with van der Waals surface area (Å²) in [5.74, 6) is -0.114. The van der Waals surface area contributed by atoms with Gasteiger partial charge in [0.15, 0.2) is 5.69 Å². The number of hydrogen-bond donors (Lipinski definition) is 2. The zero-order valence-electron chi connectivity index (χ0n) is 15.1. The summed E-state index contributed by atoms with van der Waals surface area (Å²) in [6, 6.07) is 7.06. The largest absolute Gasteiger partial charge is 0.397 e. The first-order valence-corrected chi connectivity index (χ1v) is 9.22. The van der Waals surface area contributed by atoms with Crippen molar-refractivity contribution in [2.75, 3.05) is 27.3 Å². The van der Waals surface area contributed by atoms with Crippen molar-refractivity contribution in [3.8, 4) is 0 Å². The number of amides is 1. The highest BCUT2D eigenvalue weighted by molar-refractivity contribution is 7.09. The van der Waals surface area contributed by atoms with E-state index < -0.39 is 0 Å². The van der Waals surface area contributed by atoms with E-state index in [9.17, 15) is 9.59 Å². The number of nitrogens with zero attached hydrogens (tertiary/aromatic N) is 2. The number of rotatable bonds is 6. The third-order valence-corrected chi connectivity index (χ3v) is 4.77. The molecular formula is C19H20N4O3S. The molecule has 0 aliphatic heterocycles. The molecule has 0 unspecified atom stereocenters.